The first kappa shape index (κ1) is 18.3. The zero-order valence-corrected chi connectivity index (χ0v) is 12.9. The predicted octanol–water partition coefficient (Wildman–Crippen LogP) is -1.35. The van der Waals surface area contributed by atoms with E-state index in [0.717, 1.165) is 0 Å². The number of aliphatic hydroxyl groups excluding tert-OH is 4. The molecule has 0 spiro atoms. The maximum Gasteiger partial charge on any atom is 0.229 e. The van der Waals surface area contributed by atoms with Crippen molar-refractivity contribution >= 4 is 0 Å². The molecule has 9 nitrogen and oxygen atoms in total. The first-order valence-electron chi connectivity index (χ1n) is 7.17. The fourth-order valence-corrected chi connectivity index (χ4v) is 2.36. The van der Waals surface area contributed by atoms with Crippen molar-refractivity contribution in [2.45, 2.75) is 37.1 Å². The van der Waals surface area contributed by atoms with Crippen molar-refractivity contribution in [2.75, 3.05) is 13.7 Å². The highest BCUT2D eigenvalue weighted by atomic mass is 16.7. The minimum atomic E-state index is -1.58. The molecule has 0 unspecified atom stereocenters. The lowest BCUT2D eigenvalue weighted by molar-refractivity contribution is -0.277. The van der Waals surface area contributed by atoms with Crippen LogP contribution in [-0.4, -0.2) is 70.0 Å². The molecule has 5 atom stereocenters. The summed E-state index contributed by atoms with van der Waals surface area (Å²) in [4.78, 5) is 0. The maximum absolute atomic E-state index is 9.99. The largest absolute Gasteiger partial charge is 0.507 e. The summed E-state index contributed by atoms with van der Waals surface area (Å²) in [6, 6.07) is 4.48. The second-order valence-electron chi connectivity index (χ2n) is 5.28. The second-order valence-corrected chi connectivity index (χ2v) is 5.28. The van der Waals surface area contributed by atoms with Crippen molar-refractivity contribution in [1.29, 1.82) is 5.26 Å². The van der Waals surface area contributed by atoms with E-state index in [1.54, 1.807) is 0 Å². The summed E-state index contributed by atoms with van der Waals surface area (Å²) in [6.45, 7) is -0.586. The van der Waals surface area contributed by atoms with Crippen LogP contribution in [-0.2, 0) is 11.2 Å². The summed E-state index contributed by atoms with van der Waals surface area (Å²) in [6.07, 6.45) is -7.26. The third-order valence-corrected chi connectivity index (χ3v) is 3.73. The highest BCUT2D eigenvalue weighted by Gasteiger charge is 2.45. The van der Waals surface area contributed by atoms with E-state index in [1.165, 1.54) is 19.2 Å². The van der Waals surface area contributed by atoms with E-state index in [4.69, 9.17) is 19.5 Å². The van der Waals surface area contributed by atoms with Gasteiger partial charge in [0.05, 0.1) is 26.2 Å². The van der Waals surface area contributed by atoms with E-state index in [9.17, 15) is 25.5 Å². The van der Waals surface area contributed by atoms with Crippen LogP contribution in [0.15, 0.2) is 12.1 Å². The Morgan fingerprint density at radius 2 is 1.88 bits per heavy atom. The van der Waals surface area contributed by atoms with Crippen molar-refractivity contribution in [2.24, 2.45) is 0 Å². The van der Waals surface area contributed by atoms with Crippen molar-refractivity contribution in [1.82, 2.24) is 0 Å². The normalized spacial score (nSPS) is 29.8. The molecule has 1 heterocycles. The minimum absolute atomic E-state index is 0.0601. The van der Waals surface area contributed by atoms with E-state index < -0.39 is 37.3 Å². The van der Waals surface area contributed by atoms with Gasteiger partial charge in [-0.3, -0.25) is 0 Å². The van der Waals surface area contributed by atoms with Crippen molar-refractivity contribution in [3.63, 3.8) is 0 Å². The molecule has 0 aromatic heterocycles. The third-order valence-electron chi connectivity index (χ3n) is 3.73. The summed E-state index contributed by atoms with van der Waals surface area (Å²) in [5, 5.41) is 57.3. The molecular weight excluding hydrogens is 322 g/mol. The van der Waals surface area contributed by atoms with Gasteiger partial charge in [-0.2, -0.15) is 5.26 Å². The number of benzene rings is 1. The lowest BCUT2D eigenvalue weighted by Gasteiger charge is -2.39. The molecular formula is C15H19NO8. The van der Waals surface area contributed by atoms with Gasteiger partial charge in [0.15, 0.2) is 11.5 Å². The first-order valence-corrected chi connectivity index (χ1v) is 7.17. The fourth-order valence-electron chi connectivity index (χ4n) is 2.36. The van der Waals surface area contributed by atoms with Gasteiger partial charge < -0.3 is 39.7 Å². The molecule has 1 saturated heterocycles. The van der Waals surface area contributed by atoms with Crippen molar-refractivity contribution in [3.05, 3.63) is 17.7 Å². The smallest absolute Gasteiger partial charge is 0.229 e. The molecule has 0 amide bonds. The van der Waals surface area contributed by atoms with Gasteiger partial charge in [-0.15, -0.1) is 0 Å². The minimum Gasteiger partial charge on any atom is -0.507 e. The number of phenols is 1. The third kappa shape index (κ3) is 3.53. The Morgan fingerprint density at radius 3 is 2.46 bits per heavy atom. The van der Waals surface area contributed by atoms with Crippen LogP contribution in [0, 0.1) is 11.3 Å². The Kier molecular flexibility index (Phi) is 5.82. The first-order chi connectivity index (χ1) is 11.4. The van der Waals surface area contributed by atoms with Crippen LogP contribution in [0.25, 0.3) is 0 Å². The molecule has 24 heavy (non-hydrogen) atoms. The average Bonchev–Trinajstić information content (AvgIpc) is 2.58. The molecule has 9 heteroatoms. The quantitative estimate of drug-likeness (QED) is 0.437. The Morgan fingerprint density at radius 1 is 1.17 bits per heavy atom. The molecule has 2 rings (SSSR count). The SMILES string of the molecule is COc1cc(O)c(CC#N)cc1O[C@@H]1O[C@H](CO)[C@@H](O)[C@H](O)[C@H]1O. The van der Waals surface area contributed by atoms with Crippen LogP contribution < -0.4 is 9.47 Å². The fraction of sp³-hybridized carbons (Fsp3) is 0.533. The number of phenolic OH excluding ortho intramolecular Hbond substituents is 1. The molecule has 0 saturated carbocycles. The standard InChI is InChI=1S/C15H19NO8/c1-22-9-5-8(18)7(2-3-16)4-10(9)23-15-14(21)13(20)12(19)11(6-17)24-15/h4-5,11-15,17-21H,2,6H2,1H3/t11-,12-,13+,14-,15-/m1/s1. The second kappa shape index (κ2) is 7.65. The lowest BCUT2D eigenvalue weighted by atomic mass is 9.99. The Hall–Kier alpha value is -2.09. The molecule has 1 aromatic carbocycles. The summed E-state index contributed by atoms with van der Waals surface area (Å²) in [5.74, 6) is 0.0191. The van der Waals surface area contributed by atoms with Crippen molar-refractivity contribution < 1.29 is 39.7 Å². The van der Waals surface area contributed by atoms with Gasteiger partial charge in [-0.25, -0.2) is 0 Å². The molecule has 0 bridgehead atoms. The van der Waals surface area contributed by atoms with Gasteiger partial charge in [0.25, 0.3) is 0 Å². The Bertz CT molecular complexity index is 614. The zero-order chi connectivity index (χ0) is 17.9. The molecule has 132 valence electrons. The van der Waals surface area contributed by atoms with Crippen LogP contribution in [0.5, 0.6) is 17.2 Å². The molecule has 0 radical (unpaired) electrons. The van der Waals surface area contributed by atoms with E-state index in [1.807, 2.05) is 6.07 Å². The van der Waals surface area contributed by atoms with Crippen LogP contribution >= 0.6 is 0 Å². The molecule has 1 fully saturated rings. The van der Waals surface area contributed by atoms with Gasteiger partial charge >= 0.3 is 0 Å². The van der Waals surface area contributed by atoms with E-state index >= 15 is 0 Å². The monoisotopic (exact) mass is 341 g/mol. The zero-order valence-electron chi connectivity index (χ0n) is 12.9. The lowest BCUT2D eigenvalue weighted by Crippen LogP contribution is -2.60. The molecule has 1 aliphatic rings. The van der Waals surface area contributed by atoms with Gasteiger partial charge in [-0.1, -0.05) is 0 Å². The molecule has 0 aliphatic carbocycles. The van der Waals surface area contributed by atoms with Crippen LogP contribution in [0.1, 0.15) is 5.56 Å². The summed E-state index contributed by atoms with van der Waals surface area (Å²) in [7, 11) is 1.33. The van der Waals surface area contributed by atoms with Crippen LogP contribution in [0.2, 0.25) is 0 Å². The number of aliphatic hydroxyl groups is 4. The number of nitrogens with zero attached hydrogens (tertiary/aromatic N) is 1. The van der Waals surface area contributed by atoms with Crippen LogP contribution in [0.4, 0.5) is 0 Å². The molecule has 5 N–H and O–H groups in total. The number of nitriles is 1. The summed E-state index contributed by atoms with van der Waals surface area (Å²) in [5.41, 5.74) is 0.276. The number of ether oxygens (including phenoxy) is 3. The highest BCUT2D eigenvalue weighted by Crippen LogP contribution is 2.36. The van der Waals surface area contributed by atoms with E-state index in [2.05, 4.69) is 0 Å². The average molecular weight is 341 g/mol. The molecule has 1 aromatic rings. The number of aromatic hydroxyl groups is 1. The Balaban J connectivity index is 2.29. The maximum atomic E-state index is 9.99. The number of rotatable bonds is 5. The van der Waals surface area contributed by atoms with E-state index in [-0.39, 0.29) is 29.2 Å². The number of hydrogen-bond acceptors (Lipinski definition) is 9. The van der Waals surface area contributed by atoms with Gasteiger partial charge in [0.2, 0.25) is 6.29 Å². The summed E-state index contributed by atoms with van der Waals surface area (Å²) >= 11 is 0. The topological polar surface area (TPSA) is 153 Å². The Labute approximate surface area is 137 Å². The highest BCUT2D eigenvalue weighted by molar-refractivity contribution is 5.51. The predicted molar refractivity (Wildman–Crippen MR) is 78.4 cm³/mol. The van der Waals surface area contributed by atoms with E-state index in [0.29, 0.717) is 0 Å². The number of methoxy groups -OCH3 is 1. The van der Waals surface area contributed by atoms with Gasteiger partial charge in [0.1, 0.15) is 30.2 Å². The van der Waals surface area contributed by atoms with Crippen molar-refractivity contribution in [3.8, 4) is 23.3 Å². The van der Waals surface area contributed by atoms with Crippen LogP contribution in [0.3, 0.4) is 0 Å². The molecule has 1 aliphatic heterocycles. The summed E-state index contributed by atoms with van der Waals surface area (Å²) < 4.78 is 15.8. The van der Waals surface area contributed by atoms with Gasteiger partial charge in [0, 0.05) is 11.6 Å². The van der Waals surface area contributed by atoms with Gasteiger partial charge in [-0.05, 0) is 6.07 Å². The number of hydrogen-bond donors (Lipinski definition) is 5.